The molecule has 0 bridgehead atoms. The van der Waals surface area contributed by atoms with Crippen LogP contribution in [0.2, 0.25) is 0 Å². The number of carbonyl (C=O) groups is 1. The number of amides is 2. The summed E-state index contributed by atoms with van der Waals surface area (Å²) >= 11 is 0. The molecule has 1 aromatic carbocycles. The van der Waals surface area contributed by atoms with Gasteiger partial charge in [0.05, 0.1) is 12.2 Å². The Morgan fingerprint density at radius 2 is 1.79 bits per heavy atom. The van der Waals surface area contributed by atoms with Gasteiger partial charge >= 0.3 is 45.8 Å². The molecule has 33 heavy (non-hydrogen) atoms. The summed E-state index contributed by atoms with van der Waals surface area (Å²) in [5.41, 5.74) is 5.64. The van der Waals surface area contributed by atoms with Gasteiger partial charge in [-0.3, -0.25) is 0 Å². The summed E-state index contributed by atoms with van der Waals surface area (Å²) in [7, 11) is -2.59. The van der Waals surface area contributed by atoms with E-state index in [1.165, 1.54) is 26.4 Å². The number of urea groups is 1. The van der Waals surface area contributed by atoms with Crippen molar-refractivity contribution in [2.45, 2.75) is 57.4 Å². The molecule has 0 saturated carbocycles. The van der Waals surface area contributed by atoms with Crippen molar-refractivity contribution in [2.75, 3.05) is 22.8 Å². The van der Waals surface area contributed by atoms with Crippen molar-refractivity contribution in [3.63, 3.8) is 0 Å². The van der Waals surface area contributed by atoms with Gasteiger partial charge in [-0.2, -0.15) is 18.3 Å². The van der Waals surface area contributed by atoms with Crippen molar-refractivity contribution in [1.29, 1.82) is 0 Å². The average Bonchev–Trinajstić information content (AvgIpc) is 3.49. The monoisotopic (exact) mass is 484 g/mol. The van der Waals surface area contributed by atoms with Gasteiger partial charge in [-0.15, -0.1) is 5.10 Å². The van der Waals surface area contributed by atoms with Gasteiger partial charge in [0, 0.05) is 25.9 Å². The van der Waals surface area contributed by atoms with E-state index in [0.29, 0.717) is 26.1 Å². The van der Waals surface area contributed by atoms with E-state index in [0.717, 1.165) is 55.3 Å². The Morgan fingerprint density at radius 1 is 1.15 bits per heavy atom. The van der Waals surface area contributed by atoms with Crippen molar-refractivity contribution >= 4 is 27.7 Å². The fourth-order valence-electron chi connectivity index (χ4n) is 5.13. The quantitative estimate of drug-likeness (QED) is 0.524. The van der Waals surface area contributed by atoms with E-state index in [-0.39, 0.29) is 42.8 Å². The molecular formula is C21H29N6NaO4S. The van der Waals surface area contributed by atoms with Crippen LogP contribution in [0, 0.1) is 0 Å². The van der Waals surface area contributed by atoms with Crippen LogP contribution in [-0.2, 0) is 47.7 Å². The molecular weight excluding hydrogens is 455 g/mol. The van der Waals surface area contributed by atoms with Gasteiger partial charge in [-0.05, 0) is 73.6 Å². The zero-order valence-electron chi connectivity index (χ0n) is 20.1. The fourth-order valence-corrected chi connectivity index (χ4v) is 6.45. The van der Waals surface area contributed by atoms with Gasteiger partial charge in [0.1, 0.15) is 0 Å². The van der Waals surface area contributed by atoms with Crippen LogP contribution in [-0.4, -0.2) is 48.7 Å². The van der Waals surface area contributed by atoms with Crippen molar-refractivity contribution in [2.24, 2.45) is 7.05 Å². The van der Waals surface area contributed by atoms with E-state index in [1.54, 1.807) is 7.05 Å². The number of benzene rings is 1. The molecule has 0 spiro atoms. The first-order valence-corrected chi connectivity index (χ1v) is 12.6. The van der Waals surface area contributed by atoms with Gasteiger partial charge in [-0.1, -0.05) is 6.07 Å². The van der Waals surface area contributed by atoms with Gasteiger partial charge in [0.15, 0.2) is 5.82 Å². The maximum Gasteiger partial charge on any atom is 1.00 e. The van der Waals surface area contributed by atoms with E-state index >= 15 is 0 Å². The Morgan fingerprint density at radius 3 is 2.36 bits per heavy atom. The van der Waals surface area contributed by atoms with Crippen molar-refractivity contribution < 1.29 is 48.9 Å². The second kappa shape index (κ2) is 9.91. The molecule has 1 saturated heterocycles. The van der Waals surface area contributed by atoms with Crippen molar-refractivity contribution in [3.8, 4) is 0 Å². The number of aromatic nitrogens is 3. The molecule has 2 aromatic rings. The number of rotatable bonds is 5. The second-order valence-corrected chi connectivity index (χ2v) is 10.2. The minimum atomic E-state index is -4.21. The maximum absolute atomic E-state index is 13.3. The largest absolute Gasteiger partial charge is 1.00 e. The van der Waals surface area contributed by atoms with Crippen LogP contribution in [0.25, 0.3) is 0 Å². The van der Waals surface area contributed by atoms with E-state index in [2.05, 4.69) is 26.3 Å². The normalized spacial score (nSPS) is 17.7. The molecule has 0 atom stereocenters. The molecule has 1 aromatic heterocycles. The average molecular weight is 485 g/mol. The summed E-state index contributed by atoms with van der Waals surface area (Å²) in [6, 6.07) is 1.15. The van der Waals surface area contributed by atoms with Gasteiger partial charge < -0.3 is 11.5 Å². The molecule has 2 amide bonds. The molecule has 174 valence electrons. The van der Waals surface area contributed by atoms with E-state index < -0.39 is 16.2 Å². The first kappa shape index (κ1) is 24.5. The van der Waals surface area contributed by atoms with Crippen molar-refractivity contribution in [1.82, 2.24) is 19.7 Å². The summed E-state index contributed by atoms with van der Waals surface area (Å²) in [6.07, 6.45) is 8.33. The van der Waals surface area contributed by atoms with E-state index in [1.807, 2.05) is 0 Å². The zero-order valence-corrected chi connectivity index (χ0v) is 21.9. The molecule has 3 aliphatic rings. The summed E-state index contributed by atoms with van der Waals surface area (Å²) in [5.74, 6) is 0.182. The van der Waals surface area contributed by atoms with E-state index in [9.17, 15) is 13.2 Å². The predicted molar refractivity (Wildman–Crippen MR) is 120 cm³/mol. The van der Waals surface area contributed by atoms with Crippen molar-refractivity contribution in [3.05, 3.63) is 34.5 Å². The Hall–Kier alpha value is -1.66. The van der Waals surface area contributed by atoms with E-state index in [4.69, 9.17) is 4.74 Å². The smallest absolute Gasteiger partial charge is 1.00 e. The third kappa shape index (κ3) is 4.93. The molecule has 1 aliphatic heterocycles. The van der Waals surface area contributed by atoms with Crippen LogP contribution in [0.4, 0.5) is 16.3 Å². The molecule has 0 unspecified atom stereocenters. The summed E-state index contributed by atoms with van der Waals surface area (Å²) in [6.45, 7) is 0.900. The Balaban J connectivity index is 0.00000162. The zero-order chi connectivity index (χ0) is 22.3. The maximum atomic E-state index is 13.3. The molecule has 2 aliphatic carbocycles. The number of carbonyl (C=O) groups excluding carboxylic acids is 1. The third-order valence-electron chi connectivity index (χ3n) is 6.53. The minimum absolute atomic E-state index is 0. The minimum Gasteiger partial charge on any atom is -1.00 e. The third-order valence-corrected chi connectivity index (χ3v) is 7.97. The number of aryl methyl sites for hydroxylation is 3. The first-order chi connectivity index (χ1) is 15.4. The van der Waals surface area contributed by atoms with Crippen LogP contribution in [0.5, 0.6) is 0 Å². The van der Waals surface area contributed by atoms with Crippen LogP contribution in [0.1, 0.15) is 49.4 Å². The number of anilines is 2. The number of ether oxygens (including phenoxy) is 1. The van der Waals surface area contributed by atoms with Gasteiger partial charge in [-0.25, -0.2) is 13.8 Å². The Labute approximate surface area is 217 Å². The standard InChI is InChI=1S/C21H28N6O4S.Na.H/c1-26-22-13-19(24-26)27(16-8-10-31-11-9-16)32(29,30)25-21(28)23-20-17-6-2-4-14(17)12-15-5-3-7-18(15)20;;/h12-13,16H,2-11H2,1H3,(H2,23,25,28);;/q;+1;-1. The summed E-state index contributed by atoms with van der Waals surface area (Å²) in [4.78, 5) is 14.3. The Kier molecular flexibility index (Phi) is 7.35. The number of nitrogens with one attached hydrogen (secondary N) is 2. The number of hydrogen-bond donors (Lipinski definition) is 2. The molecule has 2 N–H and O–H groups in total. The summed E-state index contributed by atoms with van der Waals surface area (Å²) in [5, 5.41) is 11.1. The fraction of sp³-hybridized carbons (Fsp3) is 0.571. The number of fused-ring (bicyclic) bond motifs is 2. The van der Waals surface area contributed by atoms with Crippen LogP contribution in [0.15, 0.2) is 12.3 Å². The Bertz CT molecular complexity index is 1120. The summed E-state index contributed by atoms with van der Waals surface area (Å²) < 4.78 is 35.5. The topological polar surface area (TPSA) is 118 Å². The number of hydrogen-bond acceptors (Lipinski definition) is 6. The molecule has 2 heterocycles. The molecule has 12 heteroatoms. The molecule has 0 radical (unpaired) electrons. The van der Waals surface area contributed by atoms with Crippen LogP contribution in [0.3, 0.4) is 0 Å². The number of nitrogens with zero attached hydrogens (tertiary/aromatic N) is 4. The molecule has 1 fully saturated rings. The molecule has 5 rings (SSSR count). The SMILES string of the molecule is Cn1ncc(N(C2CCOCC2)S(=O)(=O)NC(=O)Nc2c3c(cc4c2CCC4)CCC3)n1.[H-].[Na+]. The van der Waals surface area contributed by atoms with Gasteiger partial charge in [0.25, 0.3) is 0 Å². The first-order valence-electron chi connectivity index (χ1n) is 11.2. The van der Waals surface area contributed by atoms with Crippen LogP contribution < -0.4 is 43.9 Å². The second-order valence-electron chi connectivity index (χ2n) is 8.63. The predicted octanol–water partition coefficient (Wildman–Crippen LogP) is -1.04. The molecule has 10 nitrogen and oxygen atoms in total. The van der Waals surface area contributed by atoms with Gasteiger partial charge in [0.2, 0.25) is 0 Å². The van der Waals surface area contributed by atoms with Crippen LogP contribution >= 0.6 is 0 Å².